The fraction of sp³-hybridized carbons (Fsp3) is 0.192. The van der Waals surface area contributed by atoms with E-state index >= 15 is 0 Å². The highest BCUT2D eigenvalue weighted by Gasteiger charge is 2.18. The number of nitrogens with one attached hydrogen (secondary N) is 1. The molecule has 6 heteroatoms. The molecule has 0 aliphatic rings. The lowest BCUT2D eigenvalue weighted by Crippen LogP contribution is -2.16. The molecule has 4 rings (SSSR count). The first kappa shape index (κ1) is 21.8. The summed E-state index contributed by atoms with van der Waals surface area (Å²) in [5.74, 6) is 0.929. The summed E-state index contributed by atoms with van der Waals surface area (Å²) < 4.78 is 2.01. The van der Waals surface area contributed by atoms with Crippen LogP contribution in [0.4, 0.5) is 5.69 Å². The number of thioether (sulfide) groups is 1. The molecule has 0 atom stereocenters. The maximum Gasteiger partial charge on any atom is 0.234 e. The molecule has 0 unspecified atom stereocenters. The molecule has 0 aliphatic carbocycles. The van der Waals surface area contributed by atoms with Crippen LogP contribution in [0.15, 0.2) is 71.9 Å². The highest BCUT2D eigenvalue weighted by atomic mass is 32.2. The fourth-order valence-electron chi connectivity index (χ4n) is 3.75. The lowest BCUT2D eigenvalue weighted by atomic mass is 10.1. The molecule has 1 amide bonds. The molecule has 0 saturated carbocycles. The smallest absolute Gasteiger partial charge is 0.234 e. The minimum Gasteiger partial charge on any atom is -0.325 e. The Labute approximate surface area is 192 Å². The van der Waals surface area contributed by atoms with E-state index in [4.69, 9.17) is 0 Å². The molecule has 32 heavy (non-hydrogen) atoms. The first-order valence-electron chi connectivity index (χ1n) is 10.5. The van der Waals surface area contributed by atoms with Crippen LogP contribution in [0.5, 0.6) is 0 Å². The van der Waals surface area contributed by atoms with Gasteiger partial charge in [0.15, 0.2) is 11.0 Å². The van der Waals surface area contributed by atoms with Crippen molar-refractivity contribution >= 4 is 23.4 Å². The number of nitrogens with zero attached hydrogens (tertiary/aromatic N) is 3. The van der Waals surface area contributed by atoms with Crippen molar-refractivity contribution in [2.45, 2.75) is 32.9 Å². The third kappa shape index (κ3) is 4.75. The molecule has 5 nitrogen and oxygen atoms in total. The monoisotopic (exact) mass is 442 g/mol. The highest BCUT2D eigenvalue weighted by molar-refractivity contribution is 7.99. The van der Waals surface area contributed by atoms with Crippen molar-refractivity contribution in [1.82, 2.24) is 14.8 Å². The van der Waals surface area contributed by atoms with Crippen molar-refractivity contribution in [3.8, 4) is 17.1 Å². The SMILES string of the molecule is Cc1ccc(-n2c(SCC(=O)Nc3c(C)cc(C)cc3C)nnc2-c2ccccc2)cc1. The van der Waals surface area contributed by atoms with Gasteiger partial charge in [-0.3, -0.25) is 9.36 Å². The van der Waals surface area contributed by atoms with Crippen molar-refractivity contribution < 1.29 is 4.79 Å². The minimum atomic E-state index is -0.0650. The van der Waals surface area contributed by atoms with E-state index in [0.717, 1.165) is 33.9 Å². The normalized spacial score (nSPS) is 10.9. The maximum atomic E-state index is 12.8. The lowest BCUT2D eigenvalue weighted by molar-refractivity contribution is -0.113. The third-order valence-corrected chi connectivity index (χ3v) is 6.16. The van der Waals surface area contributed by atoms with E-state index in [2.05, 4.69) is 53.6 Å². The Bertz CT molecular complexity index is 1220. The zero-order chi connectivity index (χ0) is 22.7. The van der Waals surface area contributed by atoms with E-state index in [1.807, 2.05) is 60.9 Å². The van der Waals surface area contributed by atoms with Gasteiger partial charge >= 0.3 is 0 Å². The van der Waals surface area contributed by atoms with Crippen LogP contribution >= 0.6 is 11.8 Å². The minimum absolute atomic E-state index is 0.0650. The number of hydrogen-bond acceptors (Lipinski definition) is 4. The number of carbonyl (C=O) groups excluding carboxylic acids is 1. The third-order valence-electron chi connectivity index (χ3n) is 5.23. The van der Waals surface area contributed by atoms with Gasteiger partial charge in [-0.05, 0) is 51.0 Å². The Hall–Kier alpha value is -3.38. The number of aryl methyl sites for hydroxylation is 4. The molecule has 0 radical (unpaired) electrons. The zero-order valence-corrected chi connectivity index (χ0v) is 19.5. The van der Waals surface area contributed by atoms with Gasteiger partial charge in [-0.1, -0.05) is 77.5 Å². The van der Waals surface area contributed by atoms with Crippen molar-refractivity contribution in [3.63, 3.8) is 0 Å². The molecule has 0 bridgehead atoms. The van der Waals surface area contributed by atoms with Crippen molar-refractivity contribution in [2.24, 2.45) is 0 Å². The molecular formula is C26H26N4OS. The highest BCUT2D eigenvalue weighted by Crippen LogP contribution is 2.28. The van der Waals surface area contributed by atoms with Gasteiger partial charge in [0.1, 0.15) is 0 Å². The molecule has 1 heterocycles. The molecule has 1 N–H and O–H groups in total. The molecule has 162 valence electrons. The number of aromatic nitrogens is 3. The van der Waals surface area contributed by atoms with Gasteiger partial charge < -0.3 is 5.32 Å². The van der Waals surface area contributed by atoms with Gasteiger partial charge in [0.05, 0.1) is 5.75 Å². The number of carbonyl (C=O) groups is 1. The van der Waals surface area contributed by atoms with E-state index < -0.39 is 0 Å². The Morgan fingerprint density at radius 1 is 0.875 bits per heavy atom. The van der Waals surface area contributed by atoms with E-state index in [1.54, 1.807) is 0 Å². The van der Waals surface area contributed by atoms with Crippen molar-refractivity contribution in [1.29, 1.82) is 0 Å². The molecule has 0 aliphatic heterocycles. The van der Waals surface area contributed by atoms with Gasteiger partial charge in [0, 0.05) is 16.9 Å². The van der Waals surface area contributed by atoms with Crippen LogP contribution in [0.3, 0.4) is 0 Å². The van der Waals surface area contributed by atoms with Crippen LogP contribution < -0.4 is 5.32 Å². The lowest BCUT2D eigenvalue weighted by Gasteiger charge is -2.13. The largest absolute Gasteiger partial charge is 0.325 e. The van der Waals surface area contributed by atoms with Crippen molar-refractivity contribution in [2.75, 3.05) is 11.1 Å². The van der Waals surface area contributed by atoms with Gasteiger partial charge in [-0.2, -0.15) is 0 Å². The second-order valence-corrected chi connectivity index (χ2v) is 8.90. The van der Waals surface area contributed by atoms with Gasteiger partial charge in [0.25, 0.3) is 0 Å². The number of benzene rings is 3. The molecule has 0 spiro atoms. The van der Waals surface area contributed by atoms with E-state index in [9.17, 15) is 4.79 Å². The Morgan fingerprint density at radius 3 is 2.19 bits per heavy atom. The topological polar surface area (TPSA) is 59.8 Å². The average molecular weight is 443 g/mol. The van der Waals surface area contributed by atoms with Crippen molar-refractivity contribution in [3.05, 3.63) is 89.0 Å². The van der Waals surface area contributed by atoms with Crippen LogP contribution in [0.25, 0.3) is 17.1 Å². The van der Waals surface area contributed by atoms with E-state index in [0.29, 0.717) is 5.16 Å². The Balaban J connectivity index is 1.59. The van der Waals surface area contributed by atoms with E-state index in [-0.39, 0.29) is 11.7 Å². The second kappa shape index (κ2) is 9.40. The maximum absolute atomic E-state index is 12.8. The van der Waals surface area contributed by atoms with E-state index in [1.165, 1.54) is 22.9 Å². The zero-order valence-electron chi connectivity index (χ0n) is 18.7. The quantitative estimate of drug-likeness (QED) is 0.378. The molecule has 4 aromatic rings. The second-order valence-electron chi connectivity index (χ2n) is 7.95. The number of amides is 1. The van der Waals surface area contributed by atoms with Gasteiger partial charge in [0.2, 0.25) is 5.91 Å². The van der Waals surface area contributed by atoms with Gasteiger partial charge in [-0.25, -0.2) is 0 Å². The predicted octanol–water partition coefficient (Wildman–Crippen LogP) is 5.90. The summed E-state index contributed by atoms with van der Waals surface area (Å²) in [5.41, 5.74) is 7.32. The Kier molecular flexibility index (Phi) is 6.42. The summed E-state index contributed by atoms with van der Waals surface area (Å²) in [6.45, 7) is 8.15. The summed E-state index contributed by atoms with van der Waals surface area (Å²) in [4.78, 5) is 12.8. The van der Waals surface area contributed by atoms with Crippen LogP contribution in [0, 0.1) is 27.7 Å². The van der Waals surface area contributed by atoms with Crippen LogP contribution in [-0.2, 0) is 4.79 Å². The molecule has 1 aromatic heterocycles. The van der Waals surface area contributed by atoms with Gasteiger partial charge in [-0.15, -0.1) is 10.2 Å². The first-order chi connectivity index (χ1) is 15.4. The molecule has 0 saturated heterocycles. The molecule has 3 aromatic carbocycles. The standard InChI is InChI=1S/C26H26N4OS/c1-17-10-12-22(13-11-17)30-25(21-8-6-5-7-9-21)28-29-26(30)32-16-23(31)27-24-19(3)14-18(2)15-20(24)4/h5-15H,16H2,1-4H3,(H,27,31). The molecule has 0 fully saturated rings. The summed E-state index contributed by atoms with van der Waals surface area (Å²) in [6, 6.07) is 22.4. The van der Waals surface area contributed by atoms with Crippen LogP contribution in [0.2, 0.25) is 0 Å². The predicted molar refractivity (Wildman–Crippen MR) is 132 cm³/mol. The number of rotatable bonds is 6. The van der Waals surface area contributed by atoms with Crippen LogP contribution in [0.1, 0.15) is 22.3 Å². The number of hydrogen-bond donors (Lipinski definition) is 1. The summed E-state index contributed by atoms with van der Waals surface area (Å²) in [6.07, 6.45) is 0. The fourth-order valence-corrected chi connectivity index (χ4v) is 4.50. The average Bonchev–Trinajstić information content (AvgIpc) is 3.20. The summed E-state index contributed by atoms with van der Waals surface area (Å²) >= 11 is 1.38. The number of anilines is 1. The molecular weight excluding hydrogens is 416 g/mol. The summed E-state index contributed by atoms with van der Waals surface area (Å²) in [5, 5.41) is 12.6. The first-order valence-corrected chi connectivity index (χ1v) is 11.5. The summed E-state index contributed by atoms with van der Waals surface area (Å²) in [7, 11) is 0. The Morgan fingerprint density at radius 2 is 1.53 bits per heavy atom. The van der Waals surface area contributed by atoms with Crippen LogP contribution in [-0.4, -0.2) is 26.4 Å².